The van der Waals surface area contributed by atoms with Gasteiger partial charge in [0.25, 0.3) is 11.8 Å². The molecule has 0 aliphatic carbocycles. The second-order valence-electron chi connectivity index (χ2n) is 7.65. The van der Waals surface area contributed by atoms with Crippen molar-refractivity contribution >= 4 is 23.5 Å². The van der Waals surface area contributed by atoms with E-state index in [1.807, 2.05) is 13.0 Å². The molecule has 182 valence electrons. The monoisotopic (exact) mass is 492 g/mol. The number of anilines is 2. The van der Waals surface area contributed by atoms with Gasteiger partial charge in [-0.2, -0.15) is 13.2 Å². The molecule has 0 saturated heterocycles. The summed E-state index contributed by atoms with van der Waals surface area (Å²) in [6.07, 6.45) is 0.433. The lowest BCUT2D eigenvalue weighted by Gasteiger charge is -2.12. The van der Waals surface area contributed by atoms with Crippen molar-refractivity contribution in [2.45, 2.75) is 13.1 Å². The summed E-state index contributed by atoms with van der Waals surface area (Å²) in [5.41, 5.74) is 6.62. The molecular weight excluding hydrogens is 473 g/mol. The summed E-state index contributed by atoms with van der Waals surface area (Å²) < 4.78 is 38.1. The maximum absolute atomic E-state index is 12.7. The van der Waals surface area contributed by atoms with Crippen molar-refractivity contribution in [1.29, 1.82) is 0 Å². The predicted octanol–water partition coefficient (Wildman–Crippen LogP) is 4.68. The number of carbonyl (C=O) groups excluding carboxylic acids is 2. The molecule has 0 aliphatic heterocycles. The third-order valence-electron chi connectivity index (χ3n) is 5.12. The van der Waals surface area contributed by atoms with Crippen LogP contribution in [0.1, 0.15) is 31.8 Å². The van der Waals surface area contributed by atoms with E-state index in [2.05, 4.69) is 31.1 Å². The molecule has 0 fully saturated rings. The van der Waals surface area contributed by atoms with E-state index < -0.39 is 23.6 Å². The van der Waals surface area contributed by atoms with Crippen LogP contribution in [0, 0.1) is 6.92 Å². The lowest BCUT2D eigenvalue weighted by molar-refractivity contribution is -0.137. The van der Waals surface area contributed by atoms with Crippen LogP contribution in [-0.4, -0.2) is 26.8 Å². The van der Waals surface area contributed by atoms with Gasteiger partial charge in [0.15, 0.2) is 0 Å². The predicted molar refractivity (Wildman–Crippen MR) is 126 cm³/mol. The molecule has 0 aliphatic rings. The van der Waals surface area contributed by atoms with Gasteiger partial charge in [-0.15, -0.1) is 0 Å². The zero-order valence-corrected chi connectivity index (χ0v) is 18.8. The molecule has 0 spiro atoms. The van der Waals surface area contributed by atoms with Crippen LogP contribution in [0.15, 0.2) is 79.3 Å². The smallest absolute Gasteiger partial charge is 0.324 e. The molecule has 0 saturated carbocycles. The number of benzene rings is 2. The third-order valence-corrected chi connectivity index (χ3v) is 5.12. The van der Waals surface area contributed by atoms with Crippen molar-refractivity contribution in [3.63, 3.8) is 0 Å². The number of hydrazine groups is 1. The van der Waals surface area contributed by atoms with Crippen molar-refractivity contribution < 1.29 is 22.8 Å². The highest BCUT2D eigenvalue weighted by atomic mass is 19.4. The van der Waals surface area contributed by atoms with Crippen molar-refractivity contribution in [3.8, 4) is 11.3 Å². The first-order valence-electron chi connectivity index (χ1n) is 10.6. The summed E-state index contributed by atoms with van der Waals surface area (Å²) in [5, 5.41) is 3.08. The Kier molecular flexibility index (Phi) is 6.91. The molecule has 0 unspecified atom stereocenters. The van der Waals surface area contributed by atoms with Crippen LogP contribution in [0.4, 0.5) is 24.8 Å². The summed E-state index contributed by atoms with van der Waals surface area (Å²) in [4.78, 5) is 37.6. The lowest BCUT2D eigenvalue weighted by atomic mass is 10.1. The lowest BCUT2D eigenvalue weighted by Crippen LogP contribution is -2.41. The van der Waals surface area contributed by atoms with Crippen LogP contribution >= 0.6 is 0 Å². The minimum Gasteiger partial charge on any atom is -0.324 e. The second-order valence-corrected chi connectivity index (χ2v) is 7.65. The van der Waals surface area contributed by atoms with Gasteiger partial charge in [0.2, 0.25) is 5.95 Å². The minimum atomic E-state index is -4.51. The number of rotatable bonds is 5. The fraction of sp³-hybridized carbons (Fsp3) is 0.0800. The van der Waals surface area contributed by atoms with E-state index in [-0.39, 0.29) is 11.1 Å². The molecule has 4 rings (SSSR count). The van der Waals surface area contributed by atoms with Crippen LogP contribution in [0.3, 0.4) is 0 Å². The van der Waals surface area contributed by atoms with E-state index in [0.717, 1.165) is 35.4 Å². The number of carbonyl (C=O) groups is 2. The molecule has 36 heavy (non-hydrogen) atoms. The van der Waals surface area contributed by atoms with Gasteiger partial charge in [-0.1, -0.05) is 6.07 Å². The van der Waals surface area contributed by atoms with Crippen molar-refractivity contribution in [1.82, 2.24) is 25.8 Å². The molecule has 2 aromatic carbocycles. The average Bonchev–Trinajstić information content (AvgIpc) is 2.88. The number of nitrogens with one attached hydrogen (secondary N) is 3. The van der Waals surface area contributed by atoms with E-state index in [4.69, 9.17) is 0 Å². The highest BCUT2D eigenvalue weighted by molar-refractivity contribution is 5.99. The average molecular weight is 492 g/mol. The number of pyridine rings is 1. The number of aromatic nitrogens is 3. The molecular formula is C25H19F3N6O2. The van der Waals surface area contributed by atoms with E-state index in [0.29, 0.717) is 17.3 Å². The van der Waals surface area contributed by atoms with Crippen LogP contribution in [-0.2, 0) is 6.18 Å². The number of halogens is 3. The Morgan fingerprint density at radius 1 is 0.861 bits per heavy atom. The van der Waals surface area contributed by atoms with Crippen LogP contribution in [0.2, 0.25) is 0 Å². The van der Waals surface area contributed by atoms with Gasteiger partial charge in [0, 0.05) is 41.0 Å². The van der Waals surface area contributed by atoms with Crippen LogP contribution in [0.5, 0.6) is 0 Å². The molecule has 0 bridgehead atoms. The number of amides is 2. The van der Waals surface area contributed by atoms with Crippen LogP contribution in [0.25, 0.3) is 11.3 Å². The van der Waals surface area contributed by atoms with Gasteiger partial charge in [-0.3, -0.25) is 25.4 Å². The Balaban J connectivity index is 1.43. The minimum absolute atomic E-state index is 0.0415. The maximum atomic E-state index is 12.7. The van der Waals surface area contributed by atoms with Crippen molar-refractivity contribution in [3.05, 3.63) is 102 Å². The molecule has 0 radical (unpaired) electrons. The maximum Gasteiger partial charge on any atom is 0.416 e. The first-order chi connectivity index (χ1) is 17.2. The summed E-state index contributed by atoms with van der Waals surface area (Å²) >= 11 is 0. The Morgan fingerprint density at radius 2 is 1.56 bits per heavy atom. The molecule has 2 heterocycles. The first kappa shape index (κ1) is 24.3. The van der Waals surface area contributed by atoms with Gasteiger partial charge < -0.3 is 5.32 Å². The van der Waals surface area contributed by atoms with E-state index >= 15 is 0 Å². The molecule has 8 nitrogen and oxygen atoms in total. The Bertz CT molecular complexity index is 1390. The molecule has 2 aromatic heterocycles. The largest absolute Gasteiger partial charge is 0.416 e. The van der Waals surface area contributed by atoms with E-state index in [9.17, 15) is 22.8 Å². The SMILES string of the molecule is Cc1ccc(C(=O)NNC(=O)c2ccc(C(F)(F)F)cc2)cc1Nc1nccc(-c2cccnc2)n1. The number of hydrogen-bond acceptors (Lipinski definition) is 6. The number of hydrogen-bond donors (Lipinski definition) is 3. The highest BCUT2D eigenvalue weighted by Gasteiger charge is 2.30. The number of aryl methyl sites for hydroxylation is 1. The molecule has 3 N–H and O–H groups in total. The van der Waals surface area contributed by atoms with Crippen LogP contribution < -0.4 is 16.2 Å². The standard InChI is InChI=1S/C25H19F3N6O2/c1-15-4-5-17(23(36)34-33-22(35)16-6-8-19(9-7-16)25(26,27)28)13-21(15)32-24-30-12-10-20(31-24)18-3-2-11-29-14-18/h2-14H,1H3,(H,33,35)(H,34,36)(H,30,31,32). The van der Waals surface area contributed by atoms with E-state index in [1.54, 1.807) is 48.9 Å². The fourth-order valence-electron chi connectivity index (χ4n) is 3.18. The van der Waals surface area contributed by atoms with Crippen molar-refractivity contribution in [2.24, 2.45) is 0 Å². The van der Waals surface area contributed by atoms with Gasteiger partial charge in [0.1, 0.15) is 0 Å². The Labute approximate surface area is 203 Å². The molecule has 11 heteroatoms. The molecule has 2 amide bonds. The summed E-state index contributed by atoms with van der Waals surface area (Å²) in [6.45, 7) is 1.83. The normalized spacial score (nSPS) is 11.0. The van der Waals surface area contributed by atoms with Crippen molar-refractivity contribution in [2.75, 3.05) is 5.32 Å². The quantitative estimate of drug-likeness (QED) is 0.349. The second kappa shape index (κ2) is 10.2. The Hall–Kier alpha value is -4.80. The zero-order chi connectivity index (χ0) is 25.7. The number of nitrogens with zero attached hydrogens (tertiary/aromatic N) is 3. The molecule has 0 atom stereocenters. The zero-order valence-electron chi connectivity index (χ0n) is 18.8. The summed E-state index contributed by atoms with van der Waals surface area (Å²) in [7, 11) is 0. The molecule has 4 aromatic rings. The highest BCUT2D eigenvalue weighted by Crippen LogP contribution is 2.29. The van der Waals surface area contributed by atoms with Gasteiger partial charge in [-0.05, 0) is 67.1 Å². The van der Waals surface area contributed by atoms with Gasteiger partial charge in [0.05, 0.1) is 11.3 Å². The number of alkyl halides is 3. The fourth-order valence-corrected chi connectivity index (χ4v) is 3.18. The summed E-state index contributed by atoms with van der Waals surface area (Å²) in [6, 6.07) is 13.9. The van der Waals surface area contributed by atoms with Gasteiger partial charge >= 0.3 is 6.18 Å². The van der Waals surface area contributed by atoms with Gasteiger partial charge in [-0.25, -0.2) is 9.97 Å². The Morgan fingerprint density at radius 3 is 2.22 bits per heavy atom. The third kappa shape index (κ3) is 5.81. The summed E-state index contributed by atoms with van der Waals surface area (Å²) in [5.74, 6) is -1.07. The first-order valence-corrected chi connectivity index (χ1v) is 10.6. The van der Waals surface area contributed by atoms with E-state index in [1.165, 1.54) is 0 Å². The topological polar surface area (TPSA) is 109 Å².